The molecule has 0 fully saturated rings. The third-order valence-corrected chi connectivity index (χ3v) is 1.98. The molecule has 0 aromatic carbocycles. The Morgan fingerprint density at radius 1 is 1.50 bits per heavy atom. The number of amides is 1. The number of nitrogens with zero attached hydrogens (tertiary/aromatic N) is 3. The van der Waals surface area contributed by atoms with E-state index in [1.54, 1.807) is 6.07 Å². The topological polar surface area (TPSA) is 90.7 Å². The minimum absolute atomic E-state index is 0.259. The van der Waals surface area contributed by atoms with E-state index >= 15 is 0 Å². The Morgan fingerprint density at radius 3 is 2.69 bits per heavy atom. The van der Waals surface area contributed by atoms with Gasteiger partial charge in [-0.2, -0.15) is 5.26 Å². The van der Waals surface area contributed by atoms with Gasteiger partial charge in [-0.25, -0.2) is 0 Å². The van der Waals surface area contributed by atoms with Crippen LogP contribution in [0.1, 0.15) is 13.8 Å². The van der Waals surface area contributed by atoms with E-state index in [0.29, 0.717) is 5.82 Å². The number of rotatable bonds is 3. The zero-order valence-corrected chi connectivity index (χ0v) is 9.54. The molecule has 1 rings (SSSR count). The van der Waals surface area contributed by atoms with Crippen molar-refractivity contribution >= 4 is 23.3 Å². The molecule has 1 heterocycles. The van der Waals surface area contributed by atoms with Crippen LogP contribution in [0.15, 0.2) is 12.1 Å². The van der Waals surface area contributed by atoms with E-state index in [0.717, 1.165) is 0 Å². The first-order chi connectivity index (χ1) is 7.45. The standard InChI is InChI=1S/C9H10ClN5O/c1-9(2,5-11)8(16)15-14-7-4-3-6(10)12-13-7/h3-4H,1-2H3,(H,13,14)(H,15,16). The quantitative estimate of drug-likeness (QED) is 0.772. The number of aromatic nitrogens is 2. The molecule has 16 heavy (non-hydrogen) atoms. The van der Waals surface area contributed by atoms with Crippen LogP contribution in [-0.2, 0) is 4.79 Å². The van der Waals surface area contributed by atoms with Crippen molar-refractivity contribution in [2.75, 3.05) is 5.43 Å². The lowest BCUT2D eigenvalue weighted by atomic mass is 9.95. The molecule has 0 bridgehead atoms. The molecular formula is C9H10ClN5O. The van der Waals surface area contributed by atoms with E-state index in [1.807, 2.05) is 6.07 Å². The lowest BCUT2D eigenvalue weighted by Gasteiger charge is -2.15. The molecule has 0 atom stereocenters. The van der Waals surface area contributed by atoms with Crippen molar-refractivity contribution < 1.29 is 4.79 Å². The van der Waals surface area contributed by atoms with E-state index in [-0.39, 0.29) is 5.15 Å². The van der Waals surface area contributed by atoms with Gasteiger partial charge in [0.25, 0.3) is 5.91 Å². The fraction of sp³-hybridized carbons (Fsp3) is 0.333. The Bertz CT molecular complexity index is 423. The van der Waals surface area contributed by atoms with Crippen LogP contribution in [0, 0.1) is 16.7 Å². The molecule has 0 radical (unpaired) electrons. The van der Waals surface area contributed by atoms with Gasteiger partial charge in [-0.05, 0) is 26.0 Å². The van der Waals surface area contributed by atoms with E-state index in [1.165, 1.54) is 19.9 Å². The number of carbonyl (C=O) groups is 1. The molecular weight excluding hydrogens is 230 g/mol. The number of nitriles is 1. The molecule has 0 aliphatic rings. The Balaban J connectivity index is 2.56. The van der Waals surface area contributed by atoms with Gasteiger partial charge >= 0.3 is 0 Å². The number of halogens is 1. The minimum atomic E-state index is -1.10. The molecule has 6 nitrogen and oxygen atoms in total. The van der Waals surface area contributed by atoms with Crippen LogP contribution >= 0.6 is 11.6 Å². The van der Waals surface area contributed by atoms with Gasteiger partial charge in [-0.3, -0.25) is 15.6 Å². The maximum Gasteiger partial charge on any atom is 0.258 e. The maximum absolute atomic E-state index is 11.5. The van der Waals surface area contributed by atoms with Crippen LogP contribution in [0.5, 0.6) is 0 Å². The van der Waals surface area contributed by atoms with Crippen molar-refractivity contribution in [1.82, 2.24) is 15.6 Å². The number of hydrazine groups is 1. The summed E-state index contributed by atoms with van der Waals surface area (Å²) in [4.78, 5) is 11.5. The summed E-state index contributed by atoms with van der Waals surface area (Å²) >= 11 is 5.54. The molecule has 0 spiro atoms. The molecule has 7 heteroatoms. The van der Waals surface area contributed by atoms with Crippen LogP contribution in [0.4, 0.5) is 5.82 Å². The van der Waals surface area contributed by atoms with Crippen LogP contribution in [-0.4, -0.2) is 16.1 Å². The van der Waals surface area contributed by atoms with Crippen molar-refractivity contribution in [3.8, 4) is 6.07 Å². The van der Waals surface area contributed by atoms with E-state index in [9.17, 15) is 4.79 Å². The van der Waals surface area contributed by atoms with Crippen LogP contribution in [0.3, 0.4) is 0 Å². The Hall–Kier alpha value is -1.87. The second-order valence-electron chi connectivity index (χ2n) is 3.56. The van der Waals surface area contributed by atoms with Gasteiger partial charge in [0.1, 0.15) is 5.41 Å². The van der Waals surface area contributed by atoms with E-state index in [2.05, 4.69) is 21.0 Å². The van der Waals surface area contributed by atoms with Gasteiger partial charge in [0.05, 0.1) is 6.07 Å². The lowest BCUT2D eigenvalue weighted by molar-refractivity contribution is -0.126. The molecule has 0 unspecified atom stereocenters. The third-order valence-electron chi connectivity index (χ3n) is 1.78. The average Bonchev–Trinajstić information content (AvgIpc) is 2.28. The largest absolute Gasteiger partial charge is 0.280 e. The summed E-state index contributed by atoms with van der Waals surface area (Å²) in [6.45, 7) is 3.02. The summed E-state index contributed by atoms with van der Waals surface area (Å²) in [5, 5.41) is 16.2. The third kappa shape index (κ3) is 3.07. The first-order valence-corrected chi connectivity index (χ1v) is 4.80. The highest BCUT2D eigenvalue weighted by Gasteiger charge is 2.27. The molecule has 1 aromatic heterocycles. The second-order valence-corrected chi connectivity index (χ2v) is 3.94. The van der Waals surface area contributed by atoms with Crippen molar-refractivity contribution in [3.63, 3.8) is 0 Å². The normalized spacial score (nSPS) is 10.4. The van der Waals surface area contributed by atoms with Gasteiger partial charge in [-0.1, -0.05) is 11.6 Å². The monoisotopic (exact) mass is 239 g/mol. The van der Waals surface area contributed by atoms with E-state index < -0.39 is 11.3 Å². The molecule has 0 aliphatic carbocycles. The van der Waals surface area contributed by atoms with Crippen LogP contribution in [0.25, 0.3) is 0 Å². The first kappa shape index (κ1) is 12.2. The average molecular weight is 240 g/mol. The molecule has 1 aromatic rings. The minimum Gasteiger partial charge on any atom is -0.280 e. The smallest absolute Gasteiger partial charge is 0.258 e. The summed E-state index contributed by atoms with van der Waals surface area (Å²) in [5.74, 6) is -0.113. The number of nitrogens with one attached hydrogen (secondary N) is 2. The number of anilines is 1. The fourth-order valence-electron chi connectivity index (χ4n) is 0.710. The molecule has 0 saturated heterocycles. The number of hydrogen-bond acceptors (Lipinski definition) is 5. The molecule has 0 saturated carbocycles. The van der Waals surface area contributed by atoms with Crippen molar-refractivity contribution in [2.24, 2.45) is 5.41 Å². The summed E-state index contributed by atoms with van der Waals surface area (Å²) in [7, 11) is 0. The van der Waals surface area contributed by atoms with Gasteiger partial charge in [0.15, 0.2) is 11.0 Å². The highest BCUT2D eigenvalue weighted by atomic mass is 35.5. The summed E-state index contributed by atoms with van der Waals surface area (Å²) in [6.07, 6.45) is 0. The summed E-state index contributed by atoms with van der Waals surface area (Å²) in [5.41, 5.74) is 3.78. The first-order valence-electron chi connectivity index (χ1n) is 4.42. The second kappa shape index (κ2) is 4.77. The molecule has 0 aliphatic heterocycles. The van der Waals surface area contributed by atoms with Gasteiger partial charge in [0.2, 0.25) is 0 Å². The van der Waals surface area contributed by atoms with Crippen LogP contribution in [0.2, 0.25) is 5.15 Å². The predicted molar refractivity (Wildman–Crippen MR) is 58.2 cm³/mol. The summed E-state index contributed by atoms with van der Waals surface area (Å²) in [6, 6.07) is 4.95. The Morgan fingerprint density at radius 2 is 2.19 bits per heavy atom. The molecule has 2 N–H and O–H groups in total. The van der Waals surface area contributed by atoms with Crippen molar-refractivity contribution in [2.45, 2.75) is 13.8 Å². The Labute approximate surface area is 97.6 Å². The predicted octanol–water partition coefficient (Wildman–Crippen LogP) is 1.12. The highest BCUT2D eigenvalue weighted by molar-refractivity contribution is 6.29. The zero-order valence-electron chi connectivity index (χ0n) is 8.78. The van der Waals surface area contributed by atoms with Crippen molar-refractivity contribution in [1.29, 1.82) is 5.26 Å². The van der Waals surface area contributed by atoms with Crippen LogP contribution < -0.4 is 10.9 Å². The Kier molecular flexibility index (Phi) is 3.64. The number of carbonyl (C=O) groups excluding carboxylic acids is 1. The lowest BCUT2D eigenvalue weighted by Crippen LogP contribution is -2.39. The number of hydrogen-bond donors (Lipinski definition) is 2. The summed E-state index contributed by atoms with van der Waals surface area (Å²) < 4.78 is 0. The SMILES string of the molecule is CC(C)(C#N)C(=O)NNc1ccc(Cl)nn1. The van der Waals surface area contributed by atoms with Gasteiger partial charge in [-0.15, -0.1) is 10.2 Å². The molecule has 1 amide bonds. The zero-order chi connectivity index (χ0) is 12.2. The van der Waals surface area contributed by atoms with Crippen molar-refractivity contribution in [3.05, 3.63) is 17.3 Å². The van der Waals surface area contributed by atoms with Gasteiger partial charge in [0, 0.05) is 0 Å². The maximum atomic E-state index is 11.5. The fourth-order valence-corrected chi connectivity index (χ4v) is 0.811. The highest BCUT2D eigenvalue weighted by Crippen LogP contribution is 2.12. The van der Waals surface area contributed by atoms with Gasteiger partial charge < -0.3 is 0 Å². The molecule has 84 valence electrons. The van der Waals surface area contributed by atoms with E-state index in [4.69, 9.17) is 16.9 Å².